The van der Waals surface area contributed by atoms with Gasteiger partial charge in [-0.2, -0.15) is 4.31 Å². The van der Waals surface area contributed by atoms with Gasteiger partial charge in [-0.25, -0.2) is 8.42 Å². The molecule has 0 radical (unpaired) electrons. The summed E-state index contributed by atoms with van der Waals surface area (Å²) >= 11 is 12.1. The van der Waals surface area contributed by atoms with Crippen LogP contribution in [0.2, 0.25) is 10.0 Å². The first kappa shape index (κ1) is 20.9. The van der Waals surface area contributed by atoms with Gasteiger partial charge in [0.05, 0.1) is 10.0 Å². The van der Waals surface area contributed by atoms with Crippen LogP contribution in [0.25, 0.3) is 0 Å². The van der Waals surface area contributed by atoms with Crippen molar-refractivity contribution in [2.75, 3.05) is 33.2 Å². The first-order valence-electron chi connectivity index (χ1n) is 9.22. The number of sulfonamides is 1. The molecular weight excluding hydrogens is 409 g/mol. The molecule has 1 aromatic rings. The van der Waals surface area contributed by atoms with Crippen LogP contribution in [-0.2, 0) is 14.8 Å². The average Bonchev–Trinajstić information content (AvgIpc) is 2.63. The van der Waals surface area contributed by atoms with Gasteiger partial charge >= 0.3 is 0 Å². The molecule has 0 bridgehead atoms. The molecule has 1 amide bonds. The van der Waals surface area contributed by atoms with Crippen LogP contribution in [0.1, 0.15) is 25.7 Å². The normalized spacial score (nSPS) is 21.3. The Labute approximate surface area is 170 Å². The van der Waals surface area contributed by atoms with Crippen LogP contribution in [0.5, 0.6) is 0 Å². The summed E-state index contributed by atoms with van der Waals surface area (Å²) in [5.41, 5.74) is 0. The Morgan fingerprint density at radius 1 is 1.04 bits per heavy atom. The third-order valence-corrected chi connectivity index (χ3v) is 8.26. The highest BCUT2D eigenvalue weighted by Crippen LogP contribution is 2.33. The fourth-order valence-electron chi connectivity index (χ4n) is 3.69. The second kappa shape index (κ2) is 8.66. The fraction of sp³-hybridized carbons (Fsp3) is 0.611. The van der Waals surface area contributed by atoms with E-state index in [1.165, 1.54) is 16.4 Å². The molecule has 0 saturated carbocycles. The second-order valence-corrected chi connectivity index (χ2v) is 10.0. The van der Waals surface area contributed by atoms with Gasteiger partial charge in [0.25, 0.3) is 0 Å². The predicted molar refractivity (Wildman–Crippen MR) is 107 cm³/mol. The molecule has 0 atom stereocenters. The van der Waals surface area contributed by atoms with Crippen LogP contribution in [0.3, 0.4) is 0 Å². The number of hydrogen-bond acceptors (Lipinski definition) is 4. The molecule has 9 heteroatoms. The lowest BCUT2D eigenvalue weighted by Crippen LogP contribution is -2.48. The van der Waals surface area contributed by atoms with E-state index in [4.69, 9.17) is 23.2 Å². The third kappa shape index (κ3) is 4.77. The number of likely N-dealkylation sites (tertiary alicyclic amines) is 1. The minimum atomic E-state index is -3.77. The minimum Gasteiger partial charge on any atom is -0.353 e. The van der Waals surface area contributed by atoms with E-state index in [-0.39, 0.29) is 45.9 Å². The molecule has 1 aromatic carbocycles. The summed E-state index contributed by atoms with van der Waals surface area (Å²) in [7, 11) is -1.69. The highest BCUT2D eigenvalue weighted by molar-refractivity contribution is 7.89. The number of hydrogen-bond donors (Lipinski definition) is 1. The van der Waals surface area contributed by atoms with Crippen molar-refractivity contribution in [1.29, 1.82) is 0 Å². The Balaban J connectivity index is 1.59. The molecule has 2 saturated heterocycles. The molecule has 0 unspecified atom stereocenters. The van der Waals surface area contributed by atoms with Crippen molar-refractivity contribution in [3.8, 4) is 0 Å². The van der Waals surface area contributed by atoms with E-state index in [0.717, 1.165) is 25.9 Å². The van der Waals surface area contributed by atoms with E-state index < -0.39 is 10.0 Å². The summed E-state index contributed by atoms with van der Waals surface area (Å²) in [6.45, 7) is 2.55. The van der Waals surface area contributed by atoms with Gasteiger partial charge in [0.15, 0.2) is 0 Å². The lowest BCUT2D eigenvalue weighted by molar-refractivity contribution is -0.127. The van der Waals surface area contributed by atoms with E-state index in [9.17, 15) is 13.2 Å². The van der Waals surface area contributed by atoms with E-state index in [1.807, 2.05) is 0 Å². The Morgan fingerprint density at radius 3 is 2.15 bits per heavy atom. The van der Waals surface area contributed by atoms with Crippen molar-refractivity contribution in [3.05, 3.63) is 28.2 Å². The number of rotatable bonds is 4. The molecule has 27 heavy (non-hydrogen) atoms. The Morgan fingerprint density at radius 2 is 1.59 bits per heavy atom. The molecule has 6 nitrogen and oxygen atoms in total. The number of carbonyl (C=O) groups is 1. The first-order chi connectivity index (χ1) is 12.8. The fourth-order valence-corrected chi connectivity index (χ4v) is 6.25. The van der Waals surface area contributed by atoms with Crippen LogP contribution in [0.4, 0.5) is 0 Å². The molecular formula is C18H25Cl2N3O3S. The van der Waals surface area contributed by atoms with Gasteiger partial charge in [0.2, 0.25) is 15.9 Å². The van der Waals surface area contributed by atoms with E-state index in [1.54, 1.807) is 6.07 Å². The summed E-state index contributed by atoms with van der Waals surface area (Å²) in [6, 6.07) is 4.87. The number of piperidine rings is 2. The maximum Gasteiger partial charge on any atom is 0.246 e. The predicted octanol–water partition coefficient (Wildman–Crippen LogP) is 2.60. The van der Waals surface area contributed by atoms with Crippen LogP contribution >= 0.6 is 23.2 Å². The molecule has 1 N–H and O–H groups in total. The summed E-state index contributed by atoms with van der Waals surface area (Å²) < 4.78 is 27.2. The van der Waals surface area contributed by atoms with Crippen molar-refractivity contribution < 1.29 is 13.2 Å². The molecule has 2 aliphatic rings. The third-order valence-electron chi connectivity index (χ3n) is 5.41. The maximum atomic E-state index is 12.9. The van der Waals surface area contributed by atoms with Gasteiger partial charge in [-0.1, -0.05) is 29.3 Å². The standard InChI is InChI=1S/C18H25Cl2N3O3S/c1-22-9-7-14(8-10-22)21-18(24)13-5-11-23(12-6-13)27(25,26)17-15(19)3-2-4-16(17)20/h2-4,13-14H,5-12H2,1H3,(H,21,24). The number of halogens is 2. The smallest absolute Gasteiger partial charge is 0.246 e. The number of nitrogens with zero attached hydrogens (tertiary/aromatic N) is 2. The highest BCUT2D eigenvalue weighted by Gasteiger charge is 2.35. The molecule has 150 valence electrons. The number of amides is 1. The molecule has 0 aromatic heterocycles. The van der Waals surface area contributed by atoms with Crippen molar-refractivity contribution >= 4 is 39.1 Å². The van der Waals surface area contributed by atoms with E-state index in [2.05, 4.69) is 17.3 Å². The number of nitrogens with one attached hydrogen (secondary N) is 1. The zero-order valence-electron chi connectivity index (χ0n) is 15.3. The Bertz CT molecular complexity index is 767. The van der Waals surface area contributed by atoms with Gasteiger partial charge in [0.1, 0.15) is 4.90 Å². The highest BCUT2D eigenvalue weighted by atomic mass is 35.5. The van der Waals surface area contributed by atoms with Crippen LogP contribution in [0.15, 0.2) is 23.1 Å². The van der Waals surface area contributed by atoms with Gasteiger partial charge in [-0.3, -0.25) is 4.79 Å². The number of carbonyl (C=O) groups excluding carboxylic acids is 1. The van der Waals surface area contributed by atoms with Gasteiger partial charge in [-0.05, 0) is 58.0 Å². The maximum absolute atomic E-state index is 12.9. The minimum absolute atomic E-state index is 0.0392. The SMILES string of the molecule is CN1CCC(NC(=O)C2CCN(S(=O)(=O)c3c(Cl)cccc3Cl)CC2)CC1. The summed E-state index contributed by atoms with van der Waals surface area (Å²) in [5, 5.41) is 3.37. The summed E-state index contributed by atoms with van der Waals surface area (Å²) in [5.74, 6) is -0.116. The van der Waals surface area contributed by atoms with Crippen molar-refractivity contribution in [1.82, 2.24) is 14.5 Å². The molecule has 2 aliphatic heterocycles. The zero-order chi connectivity index (χ0) is 19.6. The Hall–Kier alpha value is -0.860. The second-order valence-electron chi connectivity index (χ2n) is 7.32. The van der Waals surface area contributed by atoms with Crippen LogP contribution < -0.4 is 5.32 Å². The van der Waals surface area contributed by atoms with Crippen LogP contribution in [-0.4, -0.2) is 62.8 Å². The zero-order valence-corrected chi connectivity index (χ0v) is 17.7. The van der Waals surface area contributed by atoms with Gasteiger partial charge in [-0.15, -0.1) is 0 Å². The Kier molecular flexibility index (Phi) is 6.69. The van der Waals surface area contributed by atoms with E-state index >= 15 is 0 Å². The largest absolute Gasteiger partial charge is 0.353 e. The topological polar surface area (TPSA) is 69.7 Å². The summed E-state index contributed by atoms with van der Waals surface area (Å²) in [6.07, 6.45) is 2.92. The average molecular weight is 434 g/mol. The van der Waals surface area contributed by atoms with Gasteiger partial charge < -0.3 is 10.2 Å². The molecule has 0 aliphatic carbocycles. The van der Waals surface area contributed by atoms with Gasteiger partial charge in [0, 0.05) is 25.0 Å². The van der Waals surface area contributed by atoms with Crippen molar-refractivity contribution in [2.24, 2.45) is 5.92 Å². The van der Waals surface area contributed by atoms with Crippen LogP contribution in [0, 0.1) is 5.92 Å². The lowest BCUT2D eigenvalue weighted by Gasteiger charge is -2.33. The molecule has 3 rings (SSSR count). The van der Waals surface area contributed by atoms with Crippen molar-refractivity contribution in [2.45, 2.75) is 36.6 Å². The van der Waals surface area contributed by atoms with E-state index in [0.29, 0.717) is 12.8 Å². The molecule has 0 spiro atoms. The molecule has 2 fully saturated rings. The molecule has 2 heterocycles. The quantitative estimate of drug-likeness (QED) is 0.791. The monoisotopic (exact) mass is 433 g/mol. The number of benzene rings is 1. The lowest BCUT2D eigenvalue weighted by atomic mass is 9.96. The summed E-state index contributed by atoms with van der Waals surface area (Å²) in [4.78, 5) is 14.8. The van der Waals surface area contributed by atoms with Crippen molar-refractivity contribution in [3.63, 3.8) is 0 Å². The first-order valence-corrected chi connectivity index (χ1v) is 11.4.